The predicted molar refractivity (Wildman–Crippen MR) is 150 cm³/mol. The van der Waals surface area contributed by atoms with Gasteiger partial charge in [-0.05, 0) is 64.4 Å². The Labute approximate surface area is 230 Å². The summed E-state index contributed by atoms with van der Waals surface area (Å²) in [5, 5.41) is 8.45. The van der Waals surface area contributed by atoms with Gasteiger partial charge in [0.25, 0.3) is 0 Å². The van der Waals surface area contributed by atoms with Crippen LogP contribution >= 0.6 is 0 Å². The van der Waals surface area contributed by atoms with Gasteiger partial charge in [0.2, 0.25) is 5.95 Å². The van der Waals surface area contributed by atoms with Gasteiger partial charge < -0.3 is 19.7 Å². The quantitative estimate of drug-likeness (QED) is 0.372. The van der Waals surface area contributed by atoms with Crippen LogP contribution in [0.4, 0.5) is 10.7 Å². The lowest BCUT2D eigenvalue weighted by molar-refractivity contribution is 0.00648. The highest BCUT2D eigenvalue weighted by Gasteiger charge is 2.49. The highest BCUT2D eigenvalue weighted by molar-refractivity contribution is 5.68. The zero-order valence-electron chi connectivity index (χ0n) is 24.0. The number of ether oxygens (including phenoxy) is 2. The topological polar surface area (TPSA) is 107 Å². The van der Waals surface area contributed by atoms with E-state index in [4.69, 9.17) is 19.6 Å². The van der Waals surface area contributed by atoms with Crippen LogP contribution in [0.1, 0.15) is 84.3 Å². The Hall–Kier alpha value is -3.43. The van der Waals surface area contributed by atoms with Crippen LogP contribution in [0.3, 0.4) is 0 Å². The van der Waals surface area contributed by atoms with E-state index < -0.39 is 5.60 Å². The van der Waals surface area contributed by atoms with Crippen LogP contribution < -0.4 is 10.1 Å². The lowest BCUT2D eigenvalue weighted by Gasteiger charge is -2.54. The highest BCUT2D eigenvalue weighted by atomic mass is 16.6. The molecule has 5 rings (SSSR count). The summed E-state index contributed by atoms with van der Waals surface area (Å²) < 4.78 is 13.1. The van der Waals surface area contributed by atoms with Crippen molar-refractivity contribution >= 4 is 17.7 Å². The Morgan fingerprint density at radius 3 is 2.69 bits per heavy atom. The van der Waals surface area contributed by atoms with Gasteiger partial charge in [0.05, 0.1) is 19.0 Å². The Balaban J connectivity index is 1.35. The summed E-state index contributed by atoms with van der Waals surface area (Å²) in [4.78, 5) is 28.0. The fourth-order valence-electron chi connectivity index (χ4n) is 5.85. The van der Waals surface area contributed by atoms with Crippen LogP contribution in [0.2, 0.25) is 0 Å². The van der Waals surface area contributed by atoms with Crippen molar-refractivity contribution in [2.24, 2.45) is 5.41 Å². The van der Waals surface area contributed by atoms with Gasteiger partial charge in [-0.1, -0.05) is 19.8 Å². The number of hydrogen-bond acceptors (Lipinski definition) is 8. The average Bonchev–Trinajstić information content (AvgIpc) is 3.24. The molecule has 0 bridgehead atoms. The number of aromatic nitrogens is 5. The van der Waals surface area contributed by atoms with E-state index in [9.17, 15) is 4.79 Å². The van der Waals surface area contributed by atoms with Gasteiger partial charge in [0.1, 0.15) is 22.7 Å². The van der Waals surface area contributed by atoms with Crippen LogP contribution in [0, 0.1) is 5.41 Å². The molecule has 3 aromatic heterocycles. The normalized spacial score (nSPS) is 17.4. The van der Waals surface area contributed by atoms with Gasteiger partial charge in [0.15, 0.2) is 5.65 Å². The first kappa shape index (κ1) is 27.1. The molecular weight excluding hydrogens is 494 g/mol. The number of nitrogens with zero attached hydrogens (tertiary/aromatic N) is 6. The Bertz CT molecular complexity index is 1320. The van der Waals surface area contributed by atoms with Crippen molar-refractivity contribution < 1.29 is 14.3 Å². The number of rotatable bonds is 9. The molecule has 0 saturated heterocycles. The minimum Gasteiger partial charge on any atom is -0.495 e. The molecule has 3 aromatic rings. The summed E-state index contributed by atoms with van der Waals surface area (Å²) >= 11 is 0. The number of amides is 1. The number of anilines is 1. The number of methoxy groups -OCH3 is 1. The van der Waals surface area contributed by atoms with Gasteiger partial charge in [-0.15, -0.1) is 0 Å². The first-order valence-corrected chi connectivity index (χ1v) is 14.1. The van der Waals surface area contributed by atoms with E-state index in [0.717, 1.165) is 41.3 Å². The Morgan fingerprint density at radius 2 is 2.05 bits per heavy atom. The molecule has 39 heavy (non-hydrogen) atoms. The number of carbonyl (C=O) groups is 1. The number of imidazole rings is 1. The van der Waals surface area contributed by atoms with E-state index in [1.807, 2.05) is 37.4 Å². The monoisotopic (exact) mass is 535 g/mol. The number of carbonyl (C=O) groups excluding carboxylic acids is 1. The van der Waals surface area contributed by atoms with Gasteiger partial charge in [-0.3, -0.25) is 0 Å². The summed E-state index contributed by atoms with van der Waals surface area (Å²) in [6, 6.07) is 3.81. The van der Waals surface area contributed by atoms with E-state index in [-0.39, 0.29) is 12.1 Å². The first-order chi connectivity index (χ1) is 18.6. The maximum Gasteiger partial charge on any atom is 0.410 e. The predicted octanol–water partition coefficient (Wildman–Crippen LogP) is 5.69. The lowest BCUT2D eigenvalue weighted by atomic mass is 9.51. The van der Waals surface area contributed by atoms with E-state index in [1.165, 1.54) is 32.1 Å². The molecular formula is C29H41N7O3. The van der Waals surface area contributed by atoms with Crippen LogP contribution in [-0.2, 0) is 4.74 Å². The van der Waals surface area contributed by atoms with Crippen LogP contribution in [0.5, 0.6) is 5.75 Å². The minimum atomic E-state index is -0.542. The maximum absolute atomic E-state index is 12.5. The summed E-state index contributed by atoms with van der Waals surface area (Å²) in [7, 11) is 3.45. The van der Waals surface area contributed by atoms with E-state index in [2.05, 4.69) is 22.2 Å². The molecule has 2 fully saturated rings. The lowest BCUT2D eigenvalue weighted by Crippen LogP contribution is -2.41. The number of fused-ring (bicyclic) bond motifs is 1. The molecule has 1 unspecified atom stereocenters. The maximum atomic E-state index is 12.5. The van der Waals surface area contributed by atoms with Crippen molar-refractivity contribution in [2.45, 2.75) is 90.2 Å². The minimum absolute atomic E-state index is 0.0311. The fourth-order valence-corrected chi connectivity index (χ4v) is 5.85. The number of likely N-dealkylation sites (N-methyl/N-ethyl adjacent to an activating group) is 1. The molecule has 2 aliphatic carbocycles. The molecule has 10 heteroatoms. The van der Waals surface area contributed by atoms with Gasteiger partial charge >= 0.3 is 6.09 Å². The van der Waals surface area contributed by atoms with Gasteiger partial charge in [-0.2, -0.15) is 5.10 Å². The molecule has 1 spiro atoms. The molecule has 2 aliphatic rings. The SMILES string of the molecule is CCCC(CN(C)C(=O)OC(C)(C)C)Nc1nccc(-c2cnc3cc(OC)c(C4CC5(CCC5)C4)nn23)n1. The molecule has 2 saturated carbocycles. The number of hydrogen-bond donors (Lipinski definition) is 1. The zero-order chi connectivity index (χ0) is 27.8. The van der Waals surface area contributed by atoms with Crippen molar-refractivity contribution in [3.05, 3.63) is 30.2 Å². The molecule has 1 amide bonds. The standard InChI is InChI=1S/C29H41N7O3/c1-7-9-20(18-35(5)27(37)39-28(2,3)4)32-26-30-13-10-21(33-26)22-17-31-24-14-23(38-6)25(34-36(22)24)19-15-29(16-19)11-8-12-29/h10,13-14,17,19-20H,7-9,11-12,15-16,18H2,1-6H3,(H,30,32,33). The molecule has 0 aromatic carbocycles. The molecule has 1 atom stereocenters. The second-order valence-corrected chi connectivity index (χ2v) is 12.2. The third-order valence-corrected chi connectivity index (χ3v) is 7.95. The summed E-state index contributed by atoms with van der Waals surface area (Å²) in [6.07, 6.45) is 11.4. The third kappa shape index (κ3) is 5.79. The van der Waals surface area contributed by atoms with Crippen LogP contribution in [0.25, 0.3) is 17.0 Å². The fraction of sp³-hybridized carbons (Fsp3) is 0.621. The summed E-state index contributed by atoms with van der Waals surface area (Å²) in [5.74, 6) is 1.72. The third-order valence-electron chi connectivity index (χ3n) is 7.95. The molecule has 0 aliphatic heterocycles. The van der Waals surface area contributed by atoms with Gasteiger partial charge in [-0.25, -0.2) is 24.3 Å². The van der Waals surface area contributed by atoms with Gasteiger partial charge in [0, 0.05) is 37.8 Å². The average molecular weight is 536 g/mol. The van der Waals surface area contributed by atoms with Crippen LogP contribution in [0.15, 0.2) is 24.5 Å². The van der Waals surface area contributed by atoms with Crippen LogP contribution in [-0.4, -0.2) is 67.9 Å². The molecule has 3 heterocycles. The molecule has 0 radical (unpaired) electrons. The van der Waals surface area contributed by atoms with E-state index >= 15 is 0 Å². The van der Waals surface area contributed by atoms with E-state index in [1.54, 1.807) is 31.5 Å². The van der Waals surface area contributed by atoms with Crippen molar-refractivity contribution in [3.63, 3.8) is 0 Å². The van der Waals surface area contributed by atoms with Crippen molar-refractivity contribution in [3.8, 4) is 17.1 Å². The first-order valence-electron chi connectivity index (χ1n) is 14.1. The van der Waals surface area contributed by atoms with Crippen molar-refractivity contribution in [2.75, 3.05) is 26.0 Å². The van der Waals surface area contributed by atoms with Crippen molar-refractivity contribution in [1.29, 1.82) is 0 Å². The van der Waals surface area contributed by atoms with E-state index in [0.29, 0.717) is 23.8 Å². The second-order valence-electron chi connectivity index (χ2n) is 12.2. The second kappa shape index (κ2) is 10.6. The Morgan fingerprint density at radius 1 is 1.28 bits per heavy atom. The highest BCUT2D eigenvalue weighted by Crippen LogP contribution is 2.62. The number of nitrogens with one attached hydrogen (secondary N) is 1. The molecule has 210 valence electrons. The Kier molecular flexibility index (Phi) is 7.39. The summed E-state index contributed by atoms with van der Waals surface area (Å²) in [5.41, 5.74) is 3.25. The summed E-state index contributed by atoms with van der Waals surface area (Å²) in [6.45, 7) is 8.19. The molecule has 1 N–H and O–H groups in total. The van der Waals surface area contributed by atoms with Crippen molar-refractivity contribution in [1.82, 2.24) is 29.5 Å². The molecule has 10 nitrogen and oxygen atoms in total. The zero-order valence-corrected chi connectivity index (χ0v) is 24.0. The smallest absolute Gasteiger partial charge is 0.410 e. The largest absolute Gasteiger partial charge is 0.495 e.